The van der Waals surface area contributed by atoms with Crippen LogP contribution in [0.3, 0.4) is 0 Å². The number of ether oxygens (including phenoxy) is 1. The first-order valence-corrected chi connectivity index (χ1v) is 9.68. The molecule has 1 saturated heterocycles. The van der Waals surface area contributed by atoms with Crippen LogP contribution >= 0.6 is 0 Å². The number of hydrogen-bond donors (Lipinski definition) is 1. The maximum atomic E-state index is 12.6. The second-order valence-electron chi connectivity index (χ2n) is 7.54. The molecule has 3 amide bonds. The summed E-state index contributed by atoms with van der Waals surface area (Å²) in [6.45, 7) is -0.204. The number of hydrogen-bond acceptors (Lipinski definition) is 5. The highest BCUT2D eigenvalue weighted by Gasteiger charge is 2.39. The van der Waals surface area contributed by atoms with Gasteiger partial charge < -0.3 is 15.0 Å². The van der Waals surface area contributed by atoms with Gasteiger partial charge in [-0.1, -0.05) is 25.0 Å². The third kappa shape index (κ3) is 3.58. The number of nitrogens with zero attached hydrogens (tertiary/aromatic N) is 2. The molecule has 8 nitrogen and oxygen atoms in total. The number of likely N-dealkylation sites (tertiary alicyclic amines) is 1. The molecule has 2 aliphatic heterocycles. The number of nitrogens with one attached hydrogen (secondary N) is 1. The Bertz CT molecular complexity index is 818. The fourth-order valence-corrected chi connectivity index (χ4v) is 4.24. The topological polar surface area (TPSA) is 96.0 Å². The van der Waals surface area contributed by atoms with Crippen LogP contribution < -0.4 is 10.2 Å². The molecule has 8 heteroatoms. The molecule has 1 N–H and O–H groups in total. The van der Waals surface area contributed by atoms with Gasteiger partial charge in [0.1, 0.15) is 6.54 Å². The average Bonchev–Trinajstić information content (AvgIpc) is 3.34. The van der Waals surface area contributed by atoms with E-state index in [2.05, 4.69) is 5.32 Å². The minimum atomic E-state index is -0.531. The van der Waals surface area contributed by atoms with Gasteiger partial charge in [-0.05, 0) is 25.0 Å². The fraction of sp³-hybridized carbons (Fsp3) is 0.500. The quantitative estimate of drug-likeness (QED) is 0.789. The molecule has 2 fully saturated rings. The van der Waals surface area contributed by atoms with Crippen LogP contribution in [0.15, 0.2) is 24.3 Å². The first-order valence-electron chi connectivity index (χ1n) is 9.68. The van der Waals surface area contributed by atoms with Crippen molar-refractivity contribution in [2.24, 2.45) is 5.92 Å². The standard InChI is InChI=1S/C20H23N3O5/c24-17-11-23(16-8-4-3-7-15(16)21-17)19(26)12-28-20(27)13-9-18(25)22(10-13)14-5-1-2-6-14/h3-4,7-8,13-14H,1-2,5-6,9-12H2,(H,21,24)/t13-/m1/s1. The Kier molecular flexibility index (Phi) is 5.02. The monoisotopic (exact) mass is 385 g/mol. The maximum Gasteiger partial charge on any atom is 0.311 e. The number of benzene rings is 1. The molecule has 1 aliphatic carbocycles. The van der Waals surface area contributed by atoms with Crippen molar-refractivity contribution in [2.75, 3.05) is 29.9 Å². The van der Waals surface area contributed by atoms with Gasteiger partial charge >= 0.3 is 5.97 Å². The second kappa shape index (κ2) is 7.61. The van der Waals surface area contributed by atoms with E-state index in [-0.39, 0.29) is 30.8 Å². The van der Waals surface area contributed by atoms with Crippen molar-refractivity contribution in [1.29, 1.82) is 0 Å². The fourth-order valence-electron chi connectivity index (χ4n) is 4.24. The number of amides is 3. The zero-order chi connectivity index (χ0) is 19.7. The van der Waals surface area contributed by atoms with E-state index >= 15 is 0 Å². The highest BCUT2D eigenvalue weighted by Crippen LogP contribution is 2.31. The molecule has 1 saturated carbocycles. The summed E-state index contributed by atoms with van der Waals surface area (Å²) >= 11 is 0. The van der Waals surface area contributed by atoms with Crippen LogP contribution in [0.1, 0.15) is 32.1 Å². The van der Waals surface area contributed by atoms with Crippen LogP contribution in [0, 0.1) is 5.92 Å². The summed E-state index contributed by atoms with van der Waals surface area (Å²) in [4.78, 5) is 52.1. The summed E-state index contributed by atoms with van der Waals surface area (Å²) in [6.07, 6.45) is 4.34. The van der Waals surface area contributed by atoms with E-state index < -0.39 is 24.4 Å². The first kappa shape index (κ1) is 18.5. The van der Waals surface area contributed by atoms with Crippen molar-refractivity contribution >= 4 is 35.1 Å². The van der Waals surface area contributed by atoms with Crippen molar-refractivity contribution in [1.82, 2.24) is 4.90 Å². The molecule has 1 aromatic carbocycles. The molecule has 2 heterocycles. The molecule has 1 aromatic rings. The second-order valence-corrected chi connectivity index (χ2v) is 7.54. The highest BCUT2D eigenvalue weighted by molar-refractivity contribution is 6.10. The molecule has 0 unspecified atom stereocenters. The van der Waals surface area contributed by atoms with E-state index in [1.807, 2.05) is 0 Å². The lowest BCUT2D eigenvalue weighted by molar-refractivity contribution is -0.151. The predicted molar refractivity (Wildman–Crippen MR) is 100 cm³/mol. The number of carbonyl (C=O) groups is 4. The van der Waals surface area contributed by atoms with Crippen molar-refractivity contribution in [3.63, 3.8) is 0 Å². The smallest absolute Gasteiger partial charge is 0.311 e. The number of rotatable bonds is 4. The molecular weight excluding hydrogens is 362 g/mol. The van der Waals surface area contributed by atoms with Crippen LogP contribution in [-0.4, -0.2) is 54.3 Å². The highest BCUT2D eigenvalue weighted by atomic mass is 16.5. The lowest BCUT2D eigenvalue weighted by atomic mass is 10.1. The van der Waals surface area contributed by atoms with Gasteiger partial charge in [0.15, 0.2) is 6.61 Å². The molecule has 4 rings (SSSR count). The number of para-hydroxylation sites is 2. The van der Waals surface area contributed by atoms with Gasteiger partial charge in [-0.15, -0.1) is 0 Å². The molecule has 0 radical (unpaired) electrons. The van der Waals surface area contributed by atoms with E-state index in [0.717, 1.165) is 25.7 Å². The summed E-state index contributed by atoms with van der Waals surface area (Å²) in [5.74, 6) is -1.84. The Morgan fingerprint density at radius 2 is 1.89 bits per heavy atom. The third-order valence-electron chi connectivity index (χ3n) is 5.67. The van der Waals surface area contributed by atoms with E-state index in [9.17, 15) is 19.2 Å². The van der Waals surface area contributed by atoms with Gasteiger partial charge in [0.25, 0.3) is 5.91 Å². The lowest BCUT2D eigenvalue weighted by Crippen LogP contribution is -2.44. The average molecular weight is 385 g/mol. The Morgan fingerprint density at radius 1 is 1.14 bits per heavy atom. The summed E-state index contributed by atoms with van der Waals surface area (Å²) < 4.78 is 5.21. The predicted octanol–water partition coefficient (Wildman–Crippen LogP) is 1.31. The van der Waals surface area contributed by atoms with Crippen LogP contribution in [0.2, 0.25) is 0 Å². The SMILES string of the molecule is O=C1CN(C(=O)COC(=O)[C@@H]2CC(=O)N(C3CCCC3)C2)c2ccccc2N1. The molecule has 28 heavy (non-hydrogen) atoms. The van der Waals surface area contributed by atoms with Gasteiger partial charge in [-0.3, -0.25) is 24.1 Å². The molecule has 3 aliphatic rings. The Labute approximate surface area is 162 Å². The van der Waals surface area contributed by atoms with Crippen molar-refractivity contribution in [2.45, 2.75) is 38.1 Å². The Balaban J connectivity index is 1.34. The third-order valence-corrected chi connectivity index (χ3v) is 5.67. The molecule has 1 atom stereocenters. The summed E-state index contributed by atoms with van der Waals surface area (Å²) in [5, 5.41) is 2.71. The van der Waals surface area contributed by atoms with Crippen molar-refractivity contribution in [3.8, 4) is 0 Å². The Hall–Kier alpha value is -2.90. The van der Waals surface area contributed by atoms with E-state index in [0.29, 0.717) is 17.9 Å². The minimum Gasteiger partial charge on any atom is -0.455 e. The number of anilines is 2. The van der Waals surface area contributed by atoms with Crippen molar-refractivity contribution in [3.05, 3.63) is 24.3 Å². The van der Waals surface area contributed by atoms with Crippen LogP contribution in [0.4, 0.5) is 11.4 Å². The molecule has 0 aromatic heterocycles. The zero-order valence-electron chi connectivity index (χ0n) is 15.6. The van der Waals surface area contributed by atoms with Gasteiger partial charge in [0.2, 0.25) is 11.8 Å². The number of carbonyl (C=O) groups excluding carboxylic acids is 4. The summed E-state index contributed by atoms with van der Waals surface area (Å²) in [6, 6.07) is 7.20. The maximum absolute atomic E-state index is 12.6. The first-order chi connectivity index (χ1) is 13.5. The van der Waals surface area contributed by atoms with Gasteiger partial charge in [-0.25, -0.2) is 0 Å². The zero-order valence-corrected chi connectivity index (χ0v) is 15.6. The summed E-state index contributed by atoms with van der Waals surface area (Å²) in [5.41, 5.74) is 1.12. The normalized spacial score (nSPS) is 22.2. The van der Waals surface area contributed by atoms with Crippen LogP contribution in [-0.2, 0) is 23.9 Å². The molecular formula is C20H23N3O5. The number of fused-ring (bicyclic) bond motifs is 1. The van der Waals surface area contributed by atoms with Crippen LogP contribution in [0.25, 0.3) is 0 Å². The Morgan fingerprint density at radius 3 is 2.68 bits per heavy atom. The molecule has 148 valence electrons. The van der Waals surface area contributed by atoms with E-state index in [1.165, 1.54) is 4.90 Å². The minimum absolute atomic E-state index is 0.0122. The largest absolute Gasteiger partial charge is 0.455 e. The number of esters is 1. The van der Waals surface area contributed by atoms with Gasteiger partial charge in [0, 0.05) is 19.0 Å². The van der Waals surface area contributed by atoms with Crippen LogP contribution in [0.5, 0.6) is 0 Å². The molecule has 0 spiro atoms. The lowest BCUT2D eigenvalue weighted by Gasteiger charge is -2.29. The van der Waals surface area contributed by atoms with Crippen molar-refractivity contribution < 1.29 is 23.9 Å². The molecule has 0 bridgehead atoms. The van der Waals surface area contributed by atoms with Gasteiger partial charge in [-0.2, -0.15) is 0 Å². The van der Waals surface area contributed by atoms with E-state index in [1.54, 1.807) is 29.2 Å². The van der Waals surface area contributed by atoms with Gasteiger partial charge in [0.05, 0.1) is 17.3 Å². The van der Waals surface area contributed by atoms with E-state index in [4.69, 9.17) is 4.74 Å². The summed E-state index contributed by atoms with van der Waals surface area (Å²) in [7, 11) is 0.